The van der Waals surface area contributed by atoms with E-state index in [4.69, 9.17) is 9.47 Å². The number of methoxy groups -OCH3 is 1. The van der Waals surface area contributed by atoms with Crippen LogP contribution in [0.3, 0.4) is 0 Å². The topological polar surface area (TPSA) is 117 Å². The smallest absolute Gasteiger partial charge is 0.343 e. The third kappa shape index (κ3) is 5.78. The van der Waals surface area contributed by atoms with Gasteiger partial charge in [-0.05, 0) is 36.4 Å². The van der Waals surface area contributed by atoms with Crippen LogP contribution in [0.5, 0.6) is 11.5 Å². The Kier molecular flexibility index (Phi) is 6.49. The summed E-state index contributed by atoms with van der Waals surface area (Å²) in [6, 6.07) is 11.8. The molecular formula is C17H16N2O7. The van der Waals surface area contributed by atoms with E-state index in [1.807, 2.05) is 0 Å². The number of rotatable bonds is 8. The summed E-state index contributed by atoms with van der Waals surface area (Å²) in [7, 11) is 1.27. The third-order valence-corrected chi connectivity index (χ3v) is 3.14. The lowest BCUT2D eigenvalue weighted by atomic mass is 10.3. The highest BCUT2D eigenvalue weighted by Crippen LogP contribution is 2.18. The van der Waals surface area contributed by atoms with Gasteiger partial charge < -0.3 is 19.5 Å². The van der Waals surface area contributed by atoms with Gasteiger partial charge in [0.15, 0.2) is 13.2 Å². The Labute approximate surface area is 148 Å². The van der Waals surface area contributed by atoms with Crippen LogP contribution < -0.4 is 14.8 Å². The van der Waals surface area contributed by atoms with Crippen molar-refractivity contribution in [3.8, 4) is 11.5 Å². The van der Waals surface area contributed by atoms with E-state index in [2.05, 4.69) is 10.1 Å². The van der Waals surface area contributed by atoms with Gasteiger partial charge in [-0.25, -0.2) is 4.79 Å². The summed E-state index contributed by atoms with van der Waals surface area (Å²) in [6.07, 6.45) is 0. The van der Waals surface area contributed by atoms with Crippen LogP contribution in [-0.2, 0) is 14.3 Å². The number of ether oxygens (including phenoxy) is 3. The van der Waals surface area contributed by atoms with Gasteiger partial charge in [0.2, 0.25) is 0 Å². The minimum Gasteiger partial charge on any atom is -0.484 e. The summed E-state index contributed by atoms with van der Waals surface area (Å²) in [6.45, 7) is -0.455. The number of nitro benzene ring substituents is 1. The number of carbonyl (C=O) groups is 2. The van der Waals surface area contributed by atoms with E-state index in [-0.39, 0.29) is 18.9 Å². The van der Waals surface area contributed by atoms with Crippen molar-refractivity contribution in [3.63, 3.8) is 0 Å². The second kappa shape index (κ2) is 9.02. The molecule has 2 rings (SSSR count). The molecule has 1 amide bonds. The number of non-ortho nitro benzene ring substituents is 1. The zero-order valence-corrected chi connectivity index (χ0v) is 13.8. The minimum atomic E-state index is -0.519. The highest BCUT2D eigenvalue weighted by atomic mass is 16.6. The second-order valence-corrected chi connectivity index (χ2v) is 4.98. The number of anilines is 1. The average molecular weight is 360 g/mol. The molecule has 0 atom stereocenters. The van der Waals surface area contributed by atoms with Gasteiger partial charge in [-0.2, -0.15) is 0 Å². The lowest BCUT2D eigenvalue weighted by Gasteiger charge is -2.09. The number of amides is 1. The maximum Gasteiger partial charge on any atom is 0.343 e. The Balaban J connectivity index is 1.80. The van der Waals surface area contributed by atoms with Crippen LogP contribution in [0.2, 0.25) is 0 Å². The fourth-order valence-corrected chi connectivity index (χ4v) is 1.85. The zero-order chi connectivity index (χ0) is 18.9. The lowest BCUT2D eigenvalue weighted by molar-refractivity contribution is -0.384. The van der Waals surface area contributed by atoms with Crippen molar-refractivity contribution in [2.45, 2.75) is 0 Å². The Bertz CT molecular complexity index is 773. The van der Waals surface area contributed by atoms with Gasteiger partial charge in [-0.3, -0.25) is 14.9 Å². The SMILES string of the molecule is COC(=O)COc1ccc(NC(=O)COc2ccc([N+](=O)[O-])cc2)cc1. The Morgan fingerprint density at radius 3 is 2.04 bits per heavy atom. The number of hydrogen-bond acceptors (Lipinski definition) is 7. The zero-order valence-electron chi connectivity index (χ0n) is 13.8. The Hall–Kier alpha value is -3.62. The maximum absolute atomic E-state index is 11.9. The largest absolute Gasteiger partial charge is 0.484 e. The number of hydrogen-bond donors (Lipinski definition) is 1. The molecule has 0 unspecified atom stereocenters. The van der Waals surface area contributed by atoms with Gasteiger partial charge in [0.25, 0.3) is 11.6 Å². The number of esters is 1. The summed E-state index contributed by atoms with van der Waals surface area (Å²) in [4.78, 5) is 32.9. The van der Waals surface area contributed by atoms with E-state index in [1.54, 1.807) is 24.3 Å². The molecule has 2 aromatic carbocycles. The number of carbonyl (C=O) groups excluding carboxylic acids is 2. The fourth-order valence-electron chi connectivity index (χ4n) is 1.85. The van der Waals surface area contributed by atoms with Crippen molar-refractivity contribution in [2.24, 2.45) is 0 Å². The van der Waals surface area contributed by atoms with Gasteiger partial charge in [-0.1, -0.05) is 0 Å². The fraction of sp³-hybridized carbons (Fsp3) is 0.176. The highest BCUT2D eigenvalue weighted by molar-refractivity contribution is 5.91. The first-order valence-corrected chi connectivity index (χ1v) is 7.44. The minimum absolute atomic E-state index is 0.0590. The molecule has 26 heavy (non-hydrogen) atoms. The molecule has 0 saturated carbocycles. The van der Waals surface area contributed by atoms with Crippen LogP contribution in [0, 0.1) is 10.1 Å². The molecule has 0 aliphatic heterocycles. The normalized spacial score (nSPS) is 9.88. The van der Waals surface area contributed by atoms with Crippen molar-refractivity contribution in [3.05, 3.63) is 58.6 Å². The van der Waals surface area contributed by atoms with Crippen molar-refractivity contribution in [1.82, 2.24) is 0 Å². The van der Waals surface area contributed by atoms with Crippen molar-refractivity contribution < 1.29 is 28.7 Å². The number of nitrogens with zero attached hydrogens (tertiary/aromatic N) is 1. The molecule has 0 bridgehead atoms. The van der Waals surface area contributed by atoms with Crippen LogP contribution in [0.15, 0.2) is 48.5 Å². The molecule has 2 aromatic rings. The standard InChI is InChI=1S/C17H16N2O7/c1-24-17(21)11-26-14-6-2-12(3-7-14)18-16(20)10-25-15-8-4-13(5-9-15)19(22)23/h2-9H,10-11H2,1H3,(H,18,20). The van der Waals surface area contributed by atoms with E-state index < -0.39 is 16.8 Å². The summed E-state index contributed by atoms with van der Waals surface area (Å²) in [5.74, 6) is -0.0924. The van der Waals surface area contributed by atoms with Crippen LogP contribution in [0.4, 0.5) is 11.4 Å². The highest BCUT2D eigenvalue weighted by Gasteiger charge is 2.07. The maximum atomic E-state index is 11.9. The van der Waals surface area contributed by atoms with E-state index >= 15 is 0 Å². The van der Waals surface area contributed by atoms with Crippen molar-refractivity contribution in [2.75, 3.05) is 25.6 Å². The predicted molar refractivity (Wildman–Crippen MR) is 91.2 cm³/mol. The molecule has 9 nitrogen and oxygen atoms in total. The quantitative estimate of drug-likeness (QED) is 0.435. The molecule has 136 valence electrons. The molecule has 0 aliphatic rings. The third-order valence-electron chi connectivity index (χ3n) is 3.14. The van der Waals surface area contributed by atoms with Crippen LogP contribution in [0.1, 0.15) is 0 Å². The van der Waals surface area contributed by atoms with Gasteiger partial charge in [0, 0.05) is 17.8 Å². The second-order valence-electron chi connectivity index (χ2n) is 4.98. The number of benzene rings is 2. The summed E-state index contributed by atoms with van der Waals surface area (Å²) >= 11 is 0. The Morgan fingerprint density at radius 1 is 0.962 bits per heavy atom. The van der Waals surface area contributed by atoms with Crippen LogP contribution in [-0.4, -0.2) is 37.1 Å². The first-order valence-electron chi connectivity index (χ1n) is 7.44. The van der Waals surface area contributed by atoms with Gasteiger partial charge in [0.05, 0.1) is 12.0 Å². The molecule has 9 heteroatoms. The van der Waals surface area contributed by atoms with E-state index in [9.17, 15) is 19.7 Å². The van der Waals surface area contributed by atoms with Crippen molar-refractivity contribution >= 4 is 23.3 Å². The van der Waals surface area contributed by atoms with Crippen molar-refractivity contribution in [1.29, 1.82) is 0 Å². The van der Waals surface area contributed by atoms with Gasteiger partial charge in [0.1, 0.15) is 11.5 Å². The van der Waals surface area contributed by atoms with Gasteiger partial charge >= 0.3 is 5.97 Å². The molecule has 0 spiro atoms. The molecule has 0 radical (unpaired) electrons. The summed E-state index contributed by atoms with van der Waals surface area (Å²) < 4.78 is 14.9. The molecule has 0 saturated heterocycles. The van der Waals surface area contributed by atoms with E-state index in [1.165, 1.54) is 31.4 Å². The number of nitrogens with one attached hydrogen (secondary N) is 1. The molecule has 0 aliphatic carbocycles. The lowest BCUT2D eigenvalue weighted by Crippen LogP contribution is -2.20. The average Bonchev–Trinajstić information content (AvgIpc) is 2.65. The molecule has 0 aromatic heterocycles. The predicted octanol–water partition coefficient (Wildman–Crippen LogP) is 2.16. The van der Waals surface area contributed by atoms with E-state index in [0.29, 0.717) is 17.2 Å². The van der Waals surface area contributed by atoms with Crippen LogP contribution in [0.25, 0.3) is 0 Å². The molecule has 0 heterocycles. The Morgan fingerprint density at radius 2 is 1.50 bits per heavy atom. The number of nitro groups is 1. The first-order chi connectivity index (χ1) is 12.5. The molecule has 1 N–H and O–H groups in total. The van der Waals surface area contributed by atoms with Gasteiger partial charge in [-0.15, -0.1) is 0 Å². The monoisotopic (exact) mass is 360 g/mol. The summed E-state index contributed by atoms with van der Waals surface area (Å²) in [5, 5.41) is 13.2. The van der Waals surface area contributed by atoms with E-state index in [0.717, 1.165) is 0 Å². The first kappa shape index (κ1) is 18.7. The van der Waals surface area contributed by atoms with Crippen LogP contribution >= 0.6 is 0 Å². The molecule has 0 fully saturated rings. The summed E-state index contributed by atoms with van der Waals surface area (Å²) in [5.41, 5.74) is 0.462. The molecular weight excluding hydrogens is 344 g/mol.